The van der Waals surface area contributed by atoms with Crippen molar-refractivity contribution in [2.75, 3.05) is 0 Å². The molecule has 0 aliphatic carbocycles. The number of hydrogen-bond acceptors (Lipinski definition) is 3. The standard InChI is InChI=1S/C13H15NO2/c1-13(2,3)16-12(15)11(9-14)10-7-5-4-6-8-10/h4-8,11H,1-3H3. The zero-order valence-corrected chi connectivity index (χ0v) is 9.73. The summed E-state index contributed by atoms with van der Waals surface area (Å²) in [4.78, 5) is 11.7. The minimum atomic E-state index is -0.847. The maximum Gasteiger partial charge on any atom is 0.328 e. The van der Waals surface area contributed by atoms with Crippen LogP contribution in [0.4, 0.5) is 0 Å². The topological polar surface area (TPSA) is 50.1 Å². The maximum atomic E-state index is 11.7. The highest BCUT2D eigenvalue weighted by Crippen LogP contribution is 2.19. The van der Waals surface area contributed by atoms with Crippen molar-refractivity contribution in [1.82, 2.24) is 0 Å². The molecule has 1 unspecified atom stereocenters. The summed E-state index contributed by atoms with van der Waals surface area (Å²) in [5.74, 6) is -1.35. The number of nitriles is 1. The Labute approximate surface area is 95.7 Å². The molecule has 1 aromatic carbocycles. The first-order valence-corrected chi connectivity index (χ1v) is 5.11. The third kappa shape index (κ3) is 3.39. The van der Waals surface area contributed by atoms with E-state index >= 15 is 0 Å². The third-order valence-electron chi connectivity index (χ3n) is 1.90. The quantitative estimate of drug-likeness (QED) is 0.715. The molecule has 0 aromatic heterocycles. The van der Waals surface area contributed by atoms with E-state index in [1.165, 1.54) is 0 Å². The Kier molecular flexibility index (Phi) is 3.68. The average molecular weight is 217 g/mol. The molecule has 0 radical (unpaired) electrons. The SMILES string of the molecule is CC(C)(C)OC(=O)C(C#N)c1ccccc1. The molecule has 84 valence electrons. The van der Waals surface area contributed by atoms with Gasteiger partial charge in [-0.25, -0.2) is 0 Å². The van der Waals surface area contributed by atoms with Crippen LogP contribution >= 0.6 is 0 Å². The zero-order chi connectivity index (χ0) is 12.2. The lowest BCUT2D eigenvalue weighted by Gasteiger charge is -2.21. The number of carbonyl (C=O) groups excluding carboxylic acids is 1. The number of rotatable bonds is 2. The van der Waals surface area contributed by atoms with Gasteiger partial charge in [-0.2, -0.15) is 5.26 Å². The molecule has 0 aliphatic heterocycles. The van der Waals surface area contributed by atoms with Gasteiger partial charge in [0.2, 0.25) is 0 Å². The predicted octanol–water partition coefficient (Wildman–Crippen LogP) is 2.64. The van der Waals surface area contributed by atoms with E-state index in [0.717, 1.165) is 0 Å². The summed E-state index contributed by atoms with van der Waals surface area (Å²) in [6.07, 6.45) is 0. The summed E-state index contributed by atoms with van der Waals surface area (Å²) in [5.41, 5.74) is 0.0975. The lowest BCUT2D eigenvalue weighted by Crippen LogP contribution is -2.27. The Hall–Kier alpha value is -1.82. The molecule has 1 aromatic rings. The first kappa shape index (κ1) is 12.3. The van der Waals surface area contributed by atoms with Gasteiger partial charge < -0.3 is 4.74 Å². The molecule has 0 fully saturated rings. The Morgan fingerprint density at radius 1 is 1.31 bits per heavy atom. The largest absolute Gasteiger partial charge is 0.459 e. The molecule has 1 rings (SSSR count). The molecule has 0 amide bonds. The molecular weight excluding hydrogens is 202 g/mol. The van der Waals surface area contributed by atoms with Crippen LogP contribution in [-0.4, -0.2) is 11.6 Å². The third-order valence-corrected chi connectivity index (χ3v) is 1.90. The van der Waals surface area contributed by atoms with Gasteiger partial charge in [-0.1, -0.05) is 30.3 Å². The fourth-order valence-corrected chi connectivity index (χ4v) is 1.27. The van der Waals surface area contributed by atoms with Crippen LogP contribution in [0.1, 0.15) is 32.3 Å². The van der Waals surface area contributed by atoms with Crippen LogP contribution in [0.25, 0.3) is 0 Å². The first-order chi connectivity index (χ1) is 7.44. The van der Waals surface area contributed by atoms with Crippen LogP contribution in [0.5, 0.6) is 0 Å². The monoisotopic (exact) mass is 217 g/mol. The summed E-state index contributed by atoms with van der Waals surface area (Å²) >= 11 is 0. The molecule has 0 bridgehead atoms. The van der Waals surface area contributed by atoms with E-state index in [-0.39, 0.29) is 0 Å². The van der Waals surface area contributed by atoms with Gasteiger partial charge in [0.05, 0.1) is 6.07 Å². The van der Waals surface area contributed by atoms with Crippen LogP contribution in [-0.2, 0) is 9.53 Å². The molecule has 0 saturated heterocycles. The summed E-state index contributed by atoms with van der Waals surface area (Å²) in [7, 11) is 0. The van der Waals surface area contributed by atoms with Crippen LogP contribution < -0.4 is 0 Å². The van der Waals surface area contributed by atoms with Gasteiger partial charge in [0.1, 0.15) is 5.60 Å². The molecule has 0 spiro atoms. The molecule has 0 saturated carbocycles. The lowest BCUT2D eigenvalue weighted by molar-refractivity contribution is -0.155. The number of carbonyl (C=O) groups is 1. The second kappa shape index (κ2) is 4.80. The smallest absolute Gasteiger partial charge is 0.328 e. The minimum absolute atomic E-state index is 0.499. The lowest BCUT2D eigenvalue weighted by atomic mass is 10.0. The van der Waals surface area contributed by atoms with Gasteiger partial charge in [0.25, 0.3) is 0 Å². The molecule has 1 atom stereocenters. The highest BCUT2D eigenvalue weighted by atomic mass is 16.6. The van der Waals surface area contributed by atoms with Gasteiger partial charge in [-0.3, -0.25) is 4.79 Å². The van der Waals surface area contributed by atoms with Gasteiger partial charge in [-0.15, -0.1) is 0 Å². The van der Waals surface area contributed by atoms with Crippen molar-refractivity contribution in [3.8, 4) is 6.07 Å². The van der Waals surface area contributed by atoms with Crippen molar-refractivity contribution in [3.63, 3.8) is 0 Å². The van der Waals surface area contributed by atoms with Crippen LogP contribution in [0, 0.1) is 11.3 Å². The number of esters is 1. The predicted molar refractivity (Wildman–Crippen MR) is 60.6 cm³/mol. The minimum Gasteiger partial charge on any atom is -0.459 e. The van der Waals surface area contributed by atoms with Crippen molar-refractivity contribution in [3.05, 3.63) is 35.9 Å². The fraction of sp³-hybridized carbons (Fsp3) is 0.385. The van der Waals surface area contributed by atoms with Crippen molar-refractivity contribution in [1.29, 1.82) is 5.26 Å². The van der Waals surface area contributed by atoms with Crippen molar-refractivity contribution in [2.24, 2.45) is 0 Å². The highest BCUT2D eigenvalue weighted by molar-refractivity contribution is 5.81. The maximum absolute atomic E-state index is 11.7. The van der Waals surface area contributed by atoms with Gasteiger partial charge >= 0.3 is 5.97 Å². The fourth-order valence-electron chi connectivity index (χ4n) is 1.27. The summed E-state index contributed by atoms with van der Waals surface area (Å²) < 4.78 is 5.18. The Morgan fingerprint density at radius 2 is 1.88 bits per heavy atom. The van der Waals surface area contributed by atoms with Gasteiger partial charge in [0.15, 0.2) is 5.92 Å². The van der Waals surface area contributed by atoms with E-state index in [4.69, 9.17) is 10.00 Å². The van der Waals surface area contributed by atoms with E-state index in [2.05, 4.69) is 0 Å². The van der Waals surface area contributed by atoms with Crippen LogP contribution in [0.2, 0.25) is 0 Å². The molecular formula is C13H15NO2. The van der Waals surface area contributed by atoms with Crippen LogP contribution in [0.3, 0.4) is 0 Å². The number of hydrogen-bond donors (Lipinski definition) is 0. The van der Waals surface area contributed by atoms with Crippen molar-refractivity contribution >= 4 is 5.97 Å². The normalized spacial score (nSPS) is 12.6. The molecule has 3 heteroatoms. The van der Waals surface area contributed by atoms with E-state index in [1.54, 1.807) is 45.0 Å². The Morgan fingerprint density at radius 3 is 2.31 bits per heavy atom. The van der Waals surface area contributed by atoms with E-state index in [1.807, 2.05) is 12.1 Å². The van der Waals surface area contributed by atoms with Crippen LogP contribution in [0.15, 0.2) is 30.3 Å². The molecule has 0 N–H and O–H groups in total. The Bertz CT molecular complexity index is 398. The van der Waals surface area contributed by atoms with Gasteiger partial charge in [-0.05, 0) is 26.3 Å². The van der Waals surface area contributed by atoms with Crippen molar-refractivity contribution < 1.29 is 9.53 Å². The van der Waals surface area contributed by atoms with Gasteiger partial charge in [0, 0.05) is 0 Å². The zero-order valence-electron chi connectivity index (χ0n) is 9.73. The highest BCUT2D eigenvalue weighted by Gasteiger charge is 2.26. The molecule has 3 nitrogen and oxygen atoms in total. The first-order valence-electron chi connectivity index (χ1n) is 5.11. The second-order valence-electron chi connectivity index (χ2n) is 4.51. The average Bonchev–Trinajstić information content (AvgIpc) is 2.17. The van der Waals surface area contributed by atoms with E-state index in [0.29, 0.717) is 5.56 Å². The molecule has 16 heavy (non-hydrogen) atoms. The van der Waals surface area contributed by atoms with E-state index < -0.39 is 17.5 Å². The van der Waals surface area contributed by atoms with Crippen molar-refractivity contribution in [2.45, 2.75) is 32.3 Å². The number of benzene rings is 1. The summed E-state index contributed by atoms with van der Waals surface area (Å²) in [5, 5.41) is 9.00. The Balaban J connectivity index is 2.85. The second-order valence-corrected chi connectivity index (χ2v) is 4.51. The van der Waals surface area contributed by atoms with E-state index in [9.17, 15) is 4.79 Å². The molecule has 0 heterocycles. The summed E-state index contributed by atoms with van der Waals surface area (Å²) in [6.45, 7) is 5.35. The summed E-state index contributed by atoms with van der Waals surface area (Å²) in [6, 6.07) is 10.9. The molecule has 0 aliphatic rings. The number of ether oxygens (including phenoxy) is 1. The number of nitrogens with zero attached hydrogens (tertiary/aromatic N) is 1.